The summed E-state index contributed by atoms with van der Waals surface area (Å²) in [6.07, 6.45) is 3.74. The van der Waals surface area contributed by atoms with E-state index in [4.69, 9.17) is 5.11 Å². The number of aromatic carboxylic acids is 1. The van der Waals surface area contributed by atoms with E-state index >= 15 is 0 Å². The van der Waals surface area contributed by atoms with Crippen molar-refractivity contribution in [2.24, 2.45) is 0 Å². The molecule has 0 unspecified atom stereocenters. The SMILES string of the molecule is CCC(=O)Nc1ccc(-c2cn3cc(C(=O)O)ccc3n2)cc1. The number of carbonyl (C=O) groups excluding carboxylic acids is 1. The number of hydrogen-bond donors (Lipinski definition) is 2. The van der Waals surface area contributed by atoms with Gasteiger partial charge in [0, 0.05) is 30.1 Å². The van der Waals surface area contributed by atoms with E-state index in [0.717, 1.165) is 16.9 Å². The molecular formula is C17H15N3O3. The molecular weight excluding hydrogens is 294 g/mol. The minimum absolute atomic E-state index is 0.0355. The number of aromatic nitrogens is 2. The van der Waals surface area contributed by atoms with E-state index in [0.29, 0.717) is 12.1 Å². The molecule has 0 radical (unpaired) electrons. The molecule has 0 aliphatic carbocycles. The van der Waals surface area contributed by atoms with Gasteiger partial charge >= 0.3 is 5.97 Å². The van der Waals surface area contributed by atoms with Gasteiger partial charge in [-0.2, -0.15) is 0 Å². The molecule has 6 nitrogen and oxygen atoms in total. The molecule has 0 bridgehead atoms. The number of imidazole rings is 1. The molecule has 0 aliphatic rings. The molecule has 0 aliphatic heterocycles. The number of nitrogens with zero attached hydrogens (tertiary/aromatic N) is 2. The number of hydrogen-bond acceptors (Lipinski definition) is 3. The molecule has 0 atom stereocenters. The number of anilines is 1. The predicted octanol–water partition coefficient (Wildman–Crippen LogP) is 3.05. The molecule has 2 heterocycles. The Kier molecular flexibility index (Phi) is 3.80. The lowest BCUT2D eigenvalue weighted by atomic mass is 10.1. The maximum absolute atomic E-state index is 11.4. The van der Waals surface area contributed by atoms with Crippen LogP contribution in [0.3, 0.4) is 0 Å². The Labute approximate surface area is 132 Å². The van der Waals surface area contributed by atoms with Crippen molar-refractivity contribution in [3.63, 3.8) is 0 Å². The summed E-state index contributed by atoms with van der Waals surface area (Å²) in [5.74, 6) is -1.01. The quantitative estimate of drug-likeness (QED) is 0.776. The summed E-state index contributed by atoms with van der Waals surface area (Å²) < 4.78 is 1.69. The first-order valence-electron chi connectivity index (χ1n) is 7.19. The third-order valence-corrected chi connectivity index (χ3v) is 3.48. The summed E-state index contributed by atoms with van der Waals surface area (Å²) in [4.78, 5) is 26.8. The summed E-state index contributed by atoms with van der Waals surface area (Å²) in [6.45, 7) is 1.80. The van der Waals surface area contributed by atoms with Gasteiger partial charge in [-0.3, -0.25) is 4.79 Å². The fourth-order valence-electron chi connectivity index (χ4n) is 2.23. The van der Waals surface area contributed by atoms with Crippen LogP contribution in [0.2, 0.25) is 0 Å². The standard InChI is InChI=1S/C17H15N3O3/c1-2-16(21)18-13-6-3-11(4-7-13)14-10-20-9-12(17(22)23)5-8-15(20)19-14/h3-10H,2H2,1H3,(H,18,21)(H,22,23). The van der Waals surface area contributed by atoms with Crippen molar-refractivity contribution in [3.05, 3.63) is 54.4 Å². The van der Waals surface area contributed by atoms with E-state index in [1.807, 2.05) is 24.3 Å². The average Bonchev–Trinajstić information content (AvgIpc) is 2.98. The third kappa shape index (κ3) is 3.06. The van der Waals surface area contributed by atoms with Crippen LogP contribution in [0, 0.1) is 0 Å². The number of nitrogens with one attached hydrogen (secondary N) is 1. The minimum atomic E-state index is -0.974. The van der Waals surface area contributed by atoms with Crippen molar-refractivity contribution in [1.29, 1.82) is 0 Å². The average molecular weight is 309 g/mol. The smallest absolute Gasteiger partial charge is 0.337 e. The van der Waals surface area contributed by atoms with Crippen molar-refractivity contribution in [2.45, 2.75) is 13.3 Å². The van der Waals surface area contributed by atoms with Crippen LogP contribution >= 0.6 is 0 Å². The van der Waals surface area contributed by atoms with Crippen LogP contribution in [0.15, 0.2) is 48.8 Å². The number of carbonyl (C=O) groups is 2. The van der Waals surface area contributed by atoms with Gasteiger partial charge in [-0.1, -0.05) is 19.1 Å². The Morgan fingerprint density at radius 3 is 2.52 bits per heavy atom. The van der Waals surface area contributed by atoms with Gasteiger partial charge in [-0.15, -0.1) is 0 Å². The van der Waals surface area contributed by atoms with Crippen LogP contribution < -0.4 is 5.32 Å². The van der Waals surface area contributed by atoms with Gasteiger partial charge in [0.05, 0.1) is 11.3 Å². The zero-order valence-electron chi connectivity index (χ0n) is 12.5. The van der Waals surface area contributed by atoms with Crippen molar-refractivity contribution < 1.29 is 14.7 Å². The molecule has 0 spiro atoms. The van der Waals surface area contributed by atoms with Crippen molar-refractivity contribution in [3.8, 4) is 11.3 Å². The van der Waals surface area contributed by atoms with E-state index in [1.165, 1.54) is 12.3 Å². The van der Waals surface area contributed by atoms with Gasteiger partial charge < -0.3 is 14.8 Å². The first kappa shape index (κ1) is 14.8. The summed E-state index contributed by atoms with van der Waals surface area (Å²) >= 11 is 0. The fourth-order valence-corrected chi connectivity index (χ4v) is 2.23. The lowest BCUT2D eigenvalue weighted by molar-refractivity contribution is -0.115. The second kappa shape index (κ2) is 5.92. The number of pyridine rings is 1. The lowest BCUT2D eigenvalue weighted by Gasteiger charge is -2.03. The Bertz CT molecular complexity index is 882. The van der Waals surface area contributed by atoms with Crippen LogP contribution in [0.1, 0.15) is 23.7 Å². The monoisotopic (exact) mass is 309 g/mol. The largest absolute Gasteiger partial charge is 0.478 e. The first-order valence-corrected chi connectivity index (χ1v) is 7.19. The highest BCUT2D eigenvalue weighted by Crippen LogP contribution is 2.21. The second-order valence-corrected chi connectivity index (χ2v) is 5.09. The first-order chi connectivity index (χ1) is 11.1. The van der Waals surface area contributed by atoms with Crippen LogP contribution in [-0.2, 0) is 4.79 Å². The van der Waals surface area contributed by atoms with Crippen molar-refractivity contribution in [2.75, 3.05) is 5.32 Å². The third-order valence-electron chi connectivity index (χ3n) is 3.48. The molecule has 2 aromatic heterocycles. The Balaban J connectivity index is 1.90. The number of fused-ring (bicyclic) bond motifs is 1. The number of amides is 1. The maximum Gasteiger partial charge on any atom is 0.337 e. The van der Waals surface area contributed by atoms with Gasteiger partial charge in [0.25, 0.3) is 0 Å². The molecule has 1 aromatic carbocycles. The molecule has 3 rings (SSSR count). The van der Waals surface area contributed by atoms with Crippen LogP contribution in [-0.4, -0.2) is 26.4 Å². The molecule has 2 N–H and O–H groups in total. The van der Waals surface area contributed by atoms with E-state index < -0.39 is 5.97 Å². The zero-order valence-corrected chi connectivity index (χ0v) is 12.5. The molecule has 1 amide bonds. The molecule has 0 saturated heterocycles. The fraction of sp³-hybridized carbons (Fsp3) is 0.118. The summed E-state index contributed by atoms with van der Waals surface area (Å²) in [6, 6.07) is 10.6. The van der Waals surface area contributed by atoms with Gasteiger partial charge in [0.1, 0.15) is 5.65 Å². The molecule has 3 aromatic rings. The van der Waals surface area contributed by atoms with Crippen LogP contribution in [0.25, 0.3) is 16.9 Å². The Hall–Kier alpha value is -3.15. The maximum atomic E-state index is 11.4. The number of carboxylic acid groups (broad SMARTS) is 1. The molecule has 0 fully saturated rings. The van der Waals surface area contributed by atoms with E-state index in [2.05, 4.69) is 10.3 Å². The minimum Gasteiger partial charge on any atom is -0.478 e. The van der Waals surface area contributed by atoms with Gasteiger partial charge in [-0.05, 0) is 24.3 Å². The highest BCUT2D eigenvalue weighted by Gasteiger charge is 2.08. The summed E-state index contributed by atoms with van der Waals surface area (Å²) in [5, 5.41) is 11.8. The molecule has 23 heavy (non-hydrogen) atoms. The van der Waals surface area contributed by atoms with Crippen molar-refractivity contribution in [1.82, 2.24) is 9.38 Å². The van der Waals surface area contributed by atoms with Gasteiger partial charge in [0.2, 0.25) is 5.91 Å². The number of carboxylic acids is 1. The molecule has 6 heteroatoms. The van der Waals surface area contributed by atoms with E-state index in [1.54, 1.807) is 23.6 Å². The normalized spacial score (nSPS) is 10.7. The van der Waals surface area contributed by atoms with Crippen LogP contribution in [0.5, 0.6) is 0 Å². The highest BCUT2D eigenvalue weighted by atomic mass is 16.4. The van der Waals surface area contributed by atoms with E-state index in [-0.39, 0.29) is 11.5 Å². The molecule has 116 valence electrons. The highest BCUT2D eigenvalue weighted by molar-refractivity contribution is 5.90. The second-order valence-electron chi connectivity index (χ2n) is 5.09. The Morgan fingerprint density at radius 2 is 1.87 bits per heavy atom. The van der Waals surface area contributed by atoms with E-state index in [9.17, 15) is 9.59 Å². The topological polar surface area (TPSA) is 83.7 Å². The number of benzene rings is 1. The zero-order chi connectivity index (χ0) is 16.4. The lowest BCUT2D eigenvalue weighted by Crippen LogP contribution is -2.08. The number of rotatable bonds is 4. The van der Waals surface area contributed by atoms with Gasteiger partial charge in [-0.25, -0.2) is 9.78 Å². The molecule has 0 saturated carbocycles. The summed E-state index contributed by atoms with van der Waals surface area (Å²) in [7, 11) is 0. The predicted molar refractivity (Wildman–Crippen MR) is 86.5 cm³/mol. The van der Waals surface area contributed by atoms with Gasteiger partial charge in [0.15, 0.2) is 0 Å². The summed E-state index contributed by atoms with van der Waals surface area (Å²) in [5.41, 5.74) is 3.24. The Morgan fingerprint density at radius 1 is 1.13 bits per heavy atom. The van der Waals surface area contributed by atoms with Crippen molar-refractivity contribution >= 4 is 23.2 Å². The van der Waals surface area contributed by atoms with Crippen LogP contribution in [0.4, 0.5) is 5.69 Å².